The van der Waals surface area contributed by atoms with Crippen LogP contribution in [0.5, 0.6) is 11.5 Å². The fraction of sp³-hybridized carbons (Fsp3) is 0.455. The molecule has 3 aromatic rings. The van der Waals surface area contributed by atoms with Crippen molar-refractivity contribution < 1.29 is 69.3 Å². The Morgan fingerprint density at radius 2 is 1.26 bits per heavy atom. The summed E-state index contributed by atoms with van der Waals surface area (Å²) in [7, 11) is 0. The van der Waals surface area contributed by atoms with Crippen LogP contribution in [0.15, 0.2) is 64.5 Å². The Balaban J connectivity index is 2.01. The summed E-state index contributed by atoms with van der Waals surface area (Å²) in [5.41, 5.74) is 5.09. The molecule has 68 heavy (non-hydrogen) atoms. The Labute approximate surface area is 393 Å². The van der Waals surface area contributed by atoms with Gasteiger partial charge in [0.25, 0.3) is 0 Å². The number of hydrogen-bond acceptors (Lipinski definition) is 12. The van der Waals surface area contributed by atoms with Crippen molar-refractivity contribution in [2.75, 3.05) is 34.8 Å². The summed E-state index contributed by atoms with van der Waals surface area (Å²) in [5, 5.41) is 9.67. The third-order valence-electron chi connectivity index (χ3n) is 8.04. The highest BCUT2D eigenvalue weighted by Gasteiger charge is 2.35. The first-order valence-corrected chi connectivity index (χ1v) is 21.7. The van der Waals surface area contributed by atoms with Gasteiger partial charge in [-0.05, 0) is 112 Å². The van der Waals surface area contributed by atoms with Gasteiger partial charge in [0, 0.05) is 43.1 Å². The van der Waals surface area contributed by atoms with Gasteiger partial charge in [-0.15, -0.1) is 11.8 Å². The fourth-order valence-corrected chi connectivity index (χ4v) is 6.54. The van der Waals surface area contributed by atoms with Gasteiger partial charge >= 0.3 is 36.7 Å². The van der Waals surface area contributed by atoms with Crippen LogP contribution in [0.4, 0.5) is 68.3 Å². The second-order valence-corrected chi connectivity index (χ2v) is 18.8. The summed E-state index contributed by atoms with van der Waals surface area (Å²) in [6.45, 7) is 14.5. The first-order valence-electron chi connectivity index (χ1n) is 20.7. The molecule has 8 N–H and O–H groups in total. The van der Waals surface area contributed by atoms with Crippen molar-refractivity contribution in [3.8, 4) is 11.5 Å². The molecular weight excluding hydrogens is 931 g/mol. The summed E-state index contributed by atoms with van der Waals surface area (Å²) in [6.07, 6.45) is -12.5. The lowest BCUT2D eigenvalue weighted by atomic mass is 10.1. The number of rotatable bonds is 14. The van der Waals surface area contributed by atoms with Crippen molar-refractivity contribution >= 4 is 70.7 Å². The van der Waals surface area contributed by atoms with E-state index in [4.69, 9.17) is 30.4 Å². The van der Waals surface area contributed by atoms with Crippen molar-refractivity contribution in [2.45, 2.75) is 116 Å². The highest BCUT2D eigenvalue weighted by molar-refractivity contribution is 7.99. The summed E-state index contributed by atoms with van der Waals surface area (Å²) >= 11 is 0.838. The standard InChI is InChI=1S/C44H56F6N8O9S/c1-40(2,3)65-37(61)54-17-18-68-34-31(55-33(59)15-10-11-16-53-36(56-38(62)66-41(4,5)6)57-39(63)67-42(7,8)9)21-26(44(48,49)50)22-32(34)58(35(52)60)28-13-12-14-29(24-28)64-30-20-25(43(45,46)47)19-27(51)23-30/h12-14,19-24H,10-11,15-18,51H2,1-9H3,(H2,52,60)(H,54,61)(H,55,59)(H2,53,56,57,62,63). The van der Waals surface area contributed by atoms with E-state index in [1.165, 1.54) is 18.2 Å². The molecule has 374 valence electrons. The minimum atomic E-state index is -5.05. The van der Waals surface area contributed by atoms with Gasteiger partial charge in [-0.1, -0.05) is 6.07 Å². The summed E-state index contributed by atoms with van der Waals surface area (Å²) in [5.74, 6) is -1.65. The number of amides is 6. The Bertz CT molecular complexity index is 2290. The summed E-state index contributed by atoms with van der Waals surface area (Å²) in [4.78, 5) is 68.8. The molecule has 0 bridgehead atoms. The van der Waals surface area contributed by atoms with E-state index in [-0.39, 0.29) is 71.8 Å². The highest BCUT2D eigenvalue weighted by Crippen LogP contribution is 2.45. The third kappa shape index (κ3) is 19.7. The maximum atomic E-state index is 14.6. The normalized spacial score (nSPS) is 12.0. The minimum Gasteiger partial charge on any atom is -0.457 e. The van der Waals surface area contributed by atoms with Gasteiger partial charge < -0.3 is 41.0 Å². The molecule has 0 fully saturated rings. The number of thioether (sulfide) groups is 1. The molecule has 0 aliphatic rings. The number of nitrogens with two attached hydrogens (primary N) is 2. The van der Waals surface area contributed by atoms with Crippen LogP contribution in [-0.4, -0.2) is 71.8 Å². The molecule has 24 heteroatoms. The number of urea groups is 1. The largest absolute Gasteiger partial charge is 0.457 e. The lowest BCUT2D eigenvalue weighted by molar-refractivity contribution is -0.138. The third-order valence-corrected chi connectivity index (χ3v) is 9.16. The van der Waals surface area contributed by atoms with E-state index in [0.29, 0.717) is 29.2 Å². The average Bonchev–Trinajstić information content (AvgIpc) is 3.13. The van der Waals surface area contributed by atoms with Crippen molar-refractivity contribution in [1.29, 1.82) is 0 Å². The Hall–Kier alpha value is -6.59. The number of aliphatic imine (C=N–C) groups is 1. The van der Waals surface area contributed by atoms with Gasteiger partial charge in [0.2, 0.25) is 11.9 Å². The van der Waals surface area contributed by atoms with Gasteiger partial charge in [0.05, 0.1) is 33.1 Å². The maximum absolute atomic E-state index is 14.6. The van der Waals surface area contributed by atoms with Crippen molar-refractivity contribution in [3.63, 3.8) is 0 Å². The van der Waals surface area contributed by atoms with Crippen LogP contribution >= 0.6 is 11.8 Å². The second kappa shape index (κ2) is 22.9. The number of nitrogen functional groups attached to an aromatic ring is 1. The molecule has 0 atom stereocenters. The van der Waals surface area contributed by atoms with Crippen LogP contribution < -0.4 is 42.4 Å². The van der Waals surface area contributed by atoms with E-state index >= 15 is 0 Å². The van der Waals surface area contributed by atoms with Gasteiger partial charge in [0.1, 0.15) is 28.3 Å². The predicted octanol–water partition coefficient (Wildman–Crippen LogP) is 10.4. The zero-order valence-electron chi connectivity index (χ0n) is 38.8. The van der Waals surface area contributed by atoms with Gasteiger partial charge in [-0.25, -0.2) is 19.2 Å². The van der Waals surface area contributed by atoms with Crippen LogP contribution in [0.1, 0.15) is 92.7 Å². The fourth-order valence-electron chi connectivity index (χ4n) is 5.57. The maximum Gasteiger partial charge on any atom is 0.416 e. The molecule has 0 aromatic heterocycles. The number of nitrogens with one attached hydrogen (secondary N) is 4. The van der Waals surface area contributed by atoms with Gasteiger partial charge in [-0.2, -0.15) is 26.3 Å². The quantitative estimate of drug-likeness (QED) is 0.0169. The molecule has 0 unspecified atom stereocenters. The van der Waals surface area contributed by atoms with Gasteiger partial charge in [0.15, 0.2) is 0 Å². The number of ether oxygens (including phenoxy) is 4. The minimum absolute atomic E-state index is 0.0534. The number of unbranched alkanes of at least 4 members (excludes halogenated alkanes) is 1. The molecule has 17 nitrogen and oxygen atoms in total. The second-order valence-electron chi connectivity index (χ2n) is 17.7. The number of benzene rings is 3. The number of primary amides is 1. The molecule has 3 aromatic carbocycles. The number of alkyl halides is 6. The predicted molar refractivity (Wildman–Crippen MR) is 244 cm³/mol. The van der Waals surface area contributed by atoms with Crippen LogP contribution in [0, 0.1) is 0 Å². The molecule has 0 saturated carbocycles. The van der Waals surface area contributed by atoms with E-state index < -0.39 is 81.9 Å². The first kappa shape index (κ1) is 55.7. The van der Waals surface area contributed by atoms with Crippen molar-refractivity contribution in [3.05, 3.63) is 65.7 Å². The van der Waals surface area contributed by atoms with Crippen LogP contribution in [-0.2, 0) is 31.4 Å². The van der Waals surface area contributed by atoms with E-state index in [0.717, 1.165) is 23.9 Å². The summed E-state index contributed by atoms with van der Waals surface area (Å²) < 4.78 is 106. The lowest BCUT2D eigenvalue weighted by Crippen LogP contribution is -2.47. The molecule has 3 rings (SSSR count). The molecule has 0 aliphatic carbocycles. The number of alkyl carbamates (subject to hydrolysis) is 3. The van der Waals surface area contributed by atoms with E-state index in [1.54, 1.807) is 62.3 Å². The van der Waals surface area contributed by atoms with Crippen LogP contribution in [0.2, 0.25) is 0 Å². The first-order chi connectivity index (χ1) is 31.2. The van der Waals surface area contributed by atoms with Gasteiger partial charge in [-0.3, -0.25) is 25.3 Å². The number of anilines is 4. The number of halogens is 6. The number of carbonyl (C=O) groups excluding carboxylic acids is 5. The molecule has 0 radical (unpaired) electrons. The zero-order chi connectivity index (χ0) is 51.4. The Morgan fingerprint density at radius 1 is 0.706 bits per heavy atom. The van der Waals surface area contributed by atoms with E-state index in [2.05, 4.69) is 26.3 Å². The Kier molecular flexibility index (Phi) is 18.8. The van der Waals surface area contributed by atoms with E-state index in [1.807, 2.05) is 0 Å². The lowest BCUT2D eigenvalue weighted by Gasteiger charge is -2.27. The molecule has 0 saturated heterocycles. The van der Waals surface area contributed by atoms with Crippen LogP contribution in [0.25, 0.3) is 0 Å². The average molecular weight is 987 g/mol. The molecule has 0 heterocycles. The monoisotopic (exact) mass is 986 g/mol. The highest BCUT2D eigenvalue weighted by atomic mass is 32.2. The number of guanidine groups is 1. The van der Waals surface area contributed by atoms with E-state index in [9.17, 15) is 50.3 Å². The SMILES string of the molecule is CC(C)(C)OC(=O)NCCSc1c(NC(=O)CCCCN=C(NC(=O)OC(C)(C)C)NC(=O)OC(C)(C)C)cc(C(F)(F)F)cc1N(C(N)=O)c1cccc(Oc2cc(N)cc(C(F)(F)F)c2)c1. The van der Waals surface area contributed by atoms with Crippen molar-refractivity contribution in [1.82, 2.24) is 16.0 Å². The molecule has 0 spiro atoms. The number of carbonyl (C=O) groups is 5. The topological polar surface area (TPSA) is 238 Å². The number of hydrogen-bond donors (Lipinski definition) is 6. The smallest absolute Gasteiger partial charge is 0.416 e. The number of nitrogens with zero attached hydrogens (tertiary/aromatic N) is 2. The Morgan fingerprint density at radius 3 is 1.81 bits per heavy atom. The summed E-state index contributed by atoms with van der Waals surface area (Å²) in [6, 6.07) is 7.46. The zero-order valence-corrected chi connectivity index (χ0v) is 39.7. The van der Waals surface area contributed by atoms with Crippen LogP contribution in [0.3, 0.4) is 0 Å². The molecule has 0 aliphatic heterocycles. The molecule has 6 amide bonds. The van der Waals surface area contributed by atoms with Crippen molar-refractivity contribution in [2.24, 2.45) is 10.7 Å². The molecular formula is C44H56F6N8O9S.